The smallest absolute Gasteiger partial charge is 0.185 e. The largest absolute Gasteiger partial charge is 0.493 e. The molecular weight excluding hydrogens is 410 g/mol. The van der Waals surface area contributed by atoms with Crippen LogP contribution in [-0.2, 0) is 4.74 Å². The Morgan fingerprint density at radius 3 is 2.33 bits per heavy atom. The van der Waals surface area contributed by atoms with E-state index in [2.05, 4.69) is 20.8 Å². The third kappa shape index (κ3) is 4.70. The van der Waals surface area contributed by atoms with Crippen LogP contribution in [0.1, 0.15) is 15.9 Å². The van der Waals surface area contributed by atoms with E-state index in [1.54, 1.807) is 26.4 Å². The molecule has 1 fully saturated rings. The van der Waals surface area contributed by atoms with Crippen molar-refractivity contribution in [2.24, 2.45) is 0 Å². The standard InChI is InChI=1S/C21H22BrNO4/c1-25-20-13-16(18(22)14-21(20)26-2)5-8-19(24)15-3-6-17(7-4-15)23-9-11-27-12-10-23/h3-8,13-14H,9-12H2,1-2H3. The van der Waals surface area contributed by atoms with E-state index in [0.717, 1.165) is 42.0 Å². The zero-order chi connectivity index (χ0) is 19.2. The molecule has 1 aliphatic heterocycles. The lowest BCUT2D eigenvalue weighted by Crippen LogP contribution is -2.36. The first kappa shape index (κ1) is 19.5. The number of carbonyl (C=O) groups excluding carboxylic acids is 1. The monoisotopic (exact) mass is 431 g/mol. The summed E-state index contributed by atoms with van der Waals surface area (Å²) in [4.78, 5) is 14.8. The first-order valence-electron chi connectivity index (χ1n) is 8.69. The second-order valence-corrected chi connectivity index (χ2v) is 6.93. The Morgan fingerprint density at radius 1 is 1.07 bits per heavy atom. The summed E-state index contributed by atoms with van der Waals surface area (Å²) in [6.45, 7) is 3.23. The van der Waals surface area contributed by atoms with Crippen molar-refractivity contribution >= 4 is 33.5 Å². The highest BCUT2D eigenvalue weighted by Gasteiger charge is 2.12. The molecule has 1 heterocycles. The number of allylic oxidation sites excluding steroid dienone is 1. The van der Waals surface area contributed by atoms with E-state index in [-0.39, 0.29) is 5.78 Å². The SMILES string of the molecule is COc1cc(Br)c(C=CC(=O)c2ccc(N3CCOCC3)cc2)cc1OC. The number of benzene rings is 2. The second kappa shape index (κ2) is 9.06. The summed E-state index contributed by atoms with van der Waals surface area (Å²) < 4.78 is 16.8. The lowest BCUT2D eigenvalue weighted by atomic mass is 10.1. The van der Waals surface area contributed by atoms with Gasteiger partial charge in [-0.25, -0.2) is 0 Å². The number of ether oxygens (including phenoxy) is 3. The number of halogens is 1. The third-order valence-corrected chi connectivity index (χ3v) is 5.13. The average molecular weight is 432 g/mol. The molecule has 0 aliphatic carbocycles. The summed E-state index contributed by atoms with van der Waals surface area (Å²) in [5.74, 6) is 1.19. The summed E-state index contributed by atoms with van der Waals surface area (Å²) in [5.41, 5.74) is 2.60. The minimum Gasteiger partial charge on any atom is -0.493 e. The fourth-order valence-electron chi connectivity index (χ4n) is 2.92. The molecule has 0 saturated carbocycles. The van der Waals surface area contributed by atoms with E-state index in [0.29, 0.717) is 17.1 Å². The fourth-order valence-corrected chi connectivity index (χ4v) is 3.37. The number of ketones is 1. The summed E-state index contributed by atoms with van der Waals surface area (Å²) >= 11 is 3.50. The minimum absolute atomic E-state index is 0.0507. The van der Waals surface area contributed by atoms with E-state index >= 15 is 0 Å². The zero-order valence-corrected chi connectivity index (χ0v) is 17.0. The summed E-state index contributed by atoms with van der Waals surface area (Å²) in [6, 6.07) is 11.3. The Kier molecular flexibility index (Phi) is 6.53. The molecule has 1 aliphatic rings. The normalized spacial score (nSPS) is 14.4. The number of morpholine rings is 1. The maximum absolute atomic E-state index is 12.5. The number of nitrogens with zero attached hydrogens (tertiary/aromatic N) is 1. The quantitative estimate of drug-likeness (QED) is 0.506. The molecule has 0 aromatic heterocycles. The van der Waals surface area contributed by atoms with E-state index in [1.807, 2.05) is 36.4 Å². The van der Waals surface area contributed by atoms with Gasteiger partial charge in [0.05, 0.1) is 27.4 Å². The van der Waals surface area contributed by atoms with Gasteiger partial charge < -0.3 is 19.1 Å². The van der Waals surface area contributed by atoms with Crippen LogP contribution in [0, 0.1) is 0 Å². The number of carbonyl (C=O) groups is 1. The molecule has 2 aromatic carbocycles. The van der Waals surface area contributed by atoms with Crippen molar-refractivity contribution in [3.8, 4) is 11.5 Å². The zero-order valence-electron chi connectivity index (χ0n) is 15.4. The summed E-state index contributed by atoms with van der Waals surface area (Å²) in [6.07, 6.45) is 3.33. The van der Waals surface area contributed by atoms with Gasteiger partial charge in [-0.1, -0.05) is 15.9 Å². The summed E-state index contributed by atoms with van der Waals surface area (Å²) in [5, 5.41) is 0. The molecule has 0 unspecified atom stereocenters. The van der Waals surface area contributed by atoms with Crippen LogP contribution in [0.4, 0.5) is 5.69 Å². The molecule has 0 amide bonds. The Hall–Kier alpha value is -2.31. The number of hydrogen-bond donors (Lipinski definition) is 0. The van der Waals surface area contributed by atoms with Crippen LogP contribution in [0.3, 0.4) is 0 Å². The second-order valence-electron chi connectivity index (χ2n) is 6.07. The van der Waals surface area contributed by atoms with Gasteiger partial charge in [-0.2, -0.15) is 0 Å². The fraction of sp³-hybridized carbons (Fsp3) is 0.286. The highest BCUT2D eigenvalue weighted by molar-refractivity contribution is 9.10. The molecule has 2 aromatic rings. The molecule has 1 saturated heterocycles. The molecule has 6 heteroatoms. The topological polar surface area (TPSA) is 48.0 Å². The first-order valence-corrected chi connectivity index (χ1v) is 9.48. The number of methoxy groups -OCH3 is 2. The molecular formula is C21H22BrNO4. The lowest BCUT2D eigenvalue weighted by Gasteiger charge is -2.28. The number of rotatable bonds is 6. The van der Waals surface area contributed by atoms with Gasteiger partial charge in [0.15, 0.2) is 17.3 Å². The van der Waals surface area contributed by atoms with Crippen molar-refractivity contribution in [2.45, 2.75) is 0 Å². The van der Waals surface area contributed by atoms with E-state index in [1.165, 1.54) is 0 Å². The molecule has 0 radical (unpaired) electrons. The van der Waals surface area contributed by atoms with Crippen molar-refractivity contribution in [1.82, 2.24) is 0 Å². The van der Waals surface area contributed by atoms with E-state index in [9.17, 15) is 4.79 Å². The molecule has 0 atom stereocenters. The van der Waals surface area contributed by atoms with Crippen LogP contribution in [0.25, 0.3) is 6.08 Å². The van der Waals surface area contributed by atoms with Gasteiger partial charge >= 0.3 is 0 Å². The highest BCUT2D eigenvalue weighted by atomic mass is 79.9. The maximum atomic E-state index is 12.5. The lowest BCUT2D eigenvalue weighted by molar-refractivity contribution is 0.104. The first-order chi connectivity index (χ1) is 13.1. The van der Waals surface area contributed by atoms with Crippen LogP contribution in [0.15, 0.2) is 46.9 Å². The number of anilines is 1. The van der Waals surface area contributed by atoms with Crippen molar-refractivity contribution in [3.05, 3.63) is 58.1 Å². The van der Waals surface area contributed by atoms with Gasteiger partial charge in [-0.05, 0) is 54.1 Å². The van der Waals surface area contributed by atoms with Gasteiger partial charge in [0.25, 0.3) is 0 Å². The molecule has 5 nitrogen and oxygen atoms in total. The van der Waals surface area contributed by atoms with Gasteiger partial charge in [-0.3, -0.25) is 4.79 Å². The van der Waals surface area contributed by atoms with Crippen molar-refractivity contribution in [3.63, 3.8) is 0 Å². The minimum atomic E-state index is -0.0507. The Balaban J connectivity index is 1.73. The van der Waals surface area contributed by atoms with Crippen molar-refractivity contribution < 1.29 is 19.0 Å². The van der Waals surface area contributed by atoms with E-state index in [4.69, 9.17) is 14.2 Å². The van der Waals surface area contributed by atoms with Gasteiger partial charge in [0, 0.05) is 28.8 Å². The van der Waals surface area contributed by atoms with Gasteiger partial charge in [-0.15, -0.1) is 0 Å². The molecule has 142 valence electrons. The Bertz CT molecular complexity index is 827. The van der Waals surface area contributed by atoms with Crippen LogP contribution in [0.5, 0.6) is 11.5 Å². The Labute approximate surface area is 167 Å². The van der Waals surface area contributed by atoms with Crippen LogP contribution >= 0.6 is 15.9 Å². The molecule has 0 spiro atoms. The Morgan fingerprint density at radius 2 is 1.70 bits per heavy atom. The molecule has 3 rings (SSSR count). The van der Waals surface area contributed by atoms with E-state index < -0.39 is 0 Å². The molecule has 0 N–H and O–H groups in total. The maximum Gasteiger partial charge on any atom is 0.185 e. The van der Waals surface area contributed by atoms with Crippen molar-refractivity contribution in [1.29, 1.82) is 0 Å². The molecule has 27 heavy (non-hydrogen) atoms. The molecule has 0 bridgehead atoms. The number of hydrogen-bond acceptors (Lipinski definition) is 5. The predicted octanol–water partition coefficient (Wildman–Crippen LogP) is 4.20. The summed E-state index contributed by atoms with van der Waals surface area (Å²) in [7, 11) is 3.17. The van der Waals surface area contributed by atoms with Crippen LogP contribution in [-0.4, -0.2) is 46.3 Å². The third-order valence-electron chi connectivity index (χ3n) is 4.45. The van der Waals surface area contributed by atoms with Crippen LogP contribution in [0.2, 0.25) is 0 Å². The van der Waals surface area contributed by atoms with Gasteiger partial charge in [0.2, 0.25) is 0 Å². The highest BCUT2D eigenvalue weighted by Crippen LogP contribution is 2.34. The van der Waals surface area contributed by atoms with Gasteiger partial charge in [0.1, 0.15) is 0 Å². The predicted molar refractivity (Wildman–Crippen MR) is 110 cm³/mol. The average Bonchev–Trinajstić information content (AvgIpc) is 2.73. The van der Waals surface area contributed by atoms with Crippen LogP contribution < -0.4 is 14.4 Å². The van der Waals surface area contributed by atoms with Crippen molar-refractivity contribution in [2.75, 3.05) is 45.4 Å².